The first-order valence-electron chi connectivity index (χ1n) is 13.6. The van der Waals surface area contributed by atoms with Gasteiger partial charge in [0, 0.05) is 27.5 Å². The lowest BCUT2D eigenvalue weighted by molar-refractivity contribution is 0.669. The van der Waals surface area contributed by atoms with Gasteiger partial charge in [0.2, 0.25) is 0 Å². The van der Waals surface area contributed by atoms with Crippen LogP contribution in [0.2, 0.25) is 0 Å². The first kappa shape index (κ1) is 23.3. The maximum absolute atomic E-state index is 6.30. The molecule has 0 saturated carbocycles. The van der Waals surface area contributed by atoms with E-state index >= 15 is 0 Å². The Bertz CT molecular complexity index is 2130. The molecule has 2 aromatic heterocycles. The maximum Gasteiger partial charge on any atom is 0.164 e. The predicted octanol–water partition coefficient (Wildman–Crippen LogP) is 9.59. The minimum atomic E-state index is 0.626. The lowest BCUT2D eigenvalue weighted by atomic mass is 9.99. The molecule has 0 N–H and O–H groups in total. The highest BCUT2D eigenvalue weighted by atomic mass is 16.3. The summed E-state index contributed by atoms with van der Waals surface area (Å²) in [6.45, 7) is 0. The third-order valence-corrected chi connectivity index (χ3v) is 7.49. The highest BCUT2D eigenvalue weighted by Gasteiger charge is 2.15. The van der Waals surface area contributed by atoms with Gasteiger partial charge in [-0.2, -0.15) is 0 Å². The predicted molar refractivity (Wildman–Crippen MR) is 166 cm³/mol. The highest BCUT2D eigenvalue weighted by molar-refractivity contribution is 6.11. The molecule has 0 saturated heterocycles. The molecule has 0 bridgehead atoms. The van der Waals surface area contributed by atoms with Crippen molar-refractivity contribution in [1.82, 2.24) is 15.0 Å². The normalized spacial score (nSPS) is 11.4. The van der Waals surface area contributed by atoms with Gasteiger partial charge in [0.15, 0.2) is 17.5 Å². The fourth-order valence-electron chi connectivity index (χ4n) is 5.41. The van der Waals surface area contributed by atoms with Crippen molar-refractivity contribution in [2.24, 2.45) is 0 Å². The van der Waals surface area contributed by atoms with E-state index in [-0.39, 0.29) is 0 Å². The molecule has 0 unspecified atom stereocenters. The largest absolute Gasteiger partial charge is 0.456 e. The molecule has 8 aromatic rings. The van der Waals surface area contributed by atoms with Crippen LogP contribution in [0.15, 0.2) is 144 Å². The van der Waals surface area contributed by atoms with E-state index in [1.165, 1.54) is 16.5 Å². The van der Waals surface area contributed by atoms with E-state index in [4.69, 9.17) is 19.4 Å². The third-order valence-electron chi connectivity index (χ3n) is 7.49. The minimum absolute atomic E-state index is 0.626. The van der Waals surface area contributed by atoms with E-state index in [0.29, 0.717) is 17.5 Å². The smallest absolute Gasteiger partial charge is 0.164 e. The van der Waals surface area contributed by atoms with Gasteiger partial charge < -0.3 is 4.42 Å². The lowest BCUT2D eigenvalue weighted by Crippen LogP contribution is -2.00. The van der Waals surface area contributed by atoms with Crippen molar-refractivity contribution >= 4 is 32.7 Å². The number of hydrogen-bond donors (Lipinski definition) is 0. The highest BCUT2D eigenvalue weighted by Crippen LogP contribution is 2.36. The number of hydrogen-bond acceptors (Lipinski definition) is 4. The molecule has 8 rings (SSSR count). The van der Waals surface area contributed by atoms with E-state index in [9.17, 15) is 0 Å². The second-order valence-electron chi connectivity index (χ2n) is 10.1. The van der Waals surface area contributed by atoms with Gasteiger partial charge in [-0.1, -0.05) is 103 Å². The van der Waals surface area contributed by atoms with Gasteiger partial charge in [-0.05, 0) is 58.3 Å². The number of fused-ring (bicyclic) bond motifs is 4. The van der Waals surface area contributed by atoms with Crippen LogP contribution in [-0.4, -0.2) is 15.0 Å². The Balaban J connectivity index is 1.30. The summed E-state index contributed by atoms with van der Waals surface area (Å²) in [6.07, 6.45) is 0. The molecular formula is C37H23N3O. The molecule has 4 nitrogen and oxygen atoms in total. The molecule has 4 heteroatoms. The fraction of sp³-hybridized carbons (Fsp3) is 0. The molecular weight excluding hydrogens is 502 g/mol. The van der Waals surface area contributed by atoms with E-state index in [0.717, 1.165) is 44.0 Å². The standard InChI is InChI=1S/C37H23N3O/c1-4-10-24(11-5-1)27-16-17-28-23-34-32(22-30(28)20-27)31-21-29(18-19-33(31)41-34)37-39-35(25-12-6-2-7-13-25)38-36(40-37)26-14-8-3-9-15-26/h1-23H. The van der Waals surface area contributed by atoms with Crippen molar-refractivity contribution in [3.8, 4) is 45.3 Å². The molecule has 0 radical (unpaired) electrons. The molecule has 0 amide bonds. The number of nitrogens with zero attached hydrogens (tertiary/aromatic N) is 3. The molecule has 0 aliphatic rings. The van der Waals surface area contributed by atoms with Crippen molar-refractivity contribution < 1.29 is 4.42 Å². The van der Waals surface area contributed by atoms with Crippen LogP contribution in [0.3, 0.4) is 0 Å². The van der Waals surface area contributed by atoms with Gasteiger partial charge in [0.25, 0.3) is 0 Å². The first-order valence-corrected chi connectivity index (χ1v) is 13.6. The second kappa shape index (κ2) is 9.54. The van der Waals surface area contributed by atoms with E-state index in [2.05, 4.69) is 60.7 Å². The maximum atomic E-state index is 6.30. The average Bonchev–Trinajstić information content (AvgIpc) is 3.41. The quantitative estimate of drug-likeness (QED) is 0.230. The zero-order chi connectivity index (χ0) is 27.2. The first-order chi connectivity index (χ1) is 20.3. The molecule has 0 atom stereocenters. The molecule has 0 fully saturated rings. The summed E-state index contributed by atoms with van der Waals surface area (Å²) in [5.74, 6) is 1.91. The summed E-state index contributed by atoms with van der Waals surface area (Å²) in [5, 5.41) is 4.42. The summed E-state index contributed by atoms with van der Waals surface area (Å²) < 4.78 is 6.30. The molecule has 6 aromatic carbocycles. The third kappa shape index (κ3) is 4.23. The van der Waals surface area contributed by atoms with E-state index in [1.54, 1.807) is 0 Å². The SMILES string of the molecule is c1ccc(-c2ccc3cc4oc5ccc(-c6nc(-c7ccccc7)nc(-c7ccccc7)n6)cc5c4cc3c2)cc1. The van der Waals surface area contributed by atoms with Crippen molar-refractivity contribution in [3.05, 3.63) is 140 Å². The number of furan rings is 1. The number of rotatable bonds is 4. The molecule has 2 heterocycles. The monoisotopic (exact) mass is 525 g/mol. The van der Waals surface area contributed by atoms with Gasteiger partial charge in [0.1, 0.15) is 11.2 Å². The van der Waals surface area contributed by atoms with E-state index in [1.807, 2.05) is 78.9 Å². The molecule has 192 valence electrons. The Hall–Kier alpha value is -5.61. The minimum Gasteiger partial charge on any atom is -0.456 e. The number of benzene rings is 6. The molecule has 0 aliphatic heterocycles. The molecule has 0 aliphatic carbocycles. The topological polar surface area (TPSA) is 51.8 Å². The Kier molecular flexibility index (Phi) is 5.42. The molecule has 41 heavy (non-hydrogen) atoms. The van der Waals surface area contributed by atoms with Crippen LogP contribution in [0.4, 0.5) is 0 Å². The van der Waals surface area contributed by atoms with Crippen LogP contribution in [0.25, 0.3) is 78.0 Å². The summed E-state index contributed by atoms with van der Waals surface area (Å²) in [5.41, 5.74) is 6.90. The Labute approximate surface area is 236 Å². The van der Waals surface area contributed by atoms with Gasteiger partial charge in [0.05, 0.1) is 0 Å². The van der Waals surface area contributed by atoms with Crippen molar-refractivity contribution in [1.29, 1.82) is 0 Å². The van der Waals surface area contributed by atoms with Crippen LogP contribution < -0.4 is 0 Å². The summed E-state index contributed by atoms with van der Waals surface area (Å²) in [7, 11) is 0. The van der Waals surface area contributed by atoms with Crippen molar-refractivity contribution in [2.45, 2.75) is 0 Å². The van der Waals surface area contributed by atoms with Crippen LogP contribution in [0, 0.1) is 0 Å². The van der Waals surface area contributed by atoms with Crippen LogP contribution in [0.5, 0.6) is 0 Å². The summed E-state index contributed by atoms with van der Waals surface area (Å²) >= 11 is 0. The Morgan fingerprint density at radius 2 is 0.878 bits per heavy atom. The lowest BCUT2D eigenvalue weighted by Gasteiger charge is -2.08. The van der Waals surface area contributed by atoms with E-state index < -0.39 is 0 Å². The molecule has 0 spiro atoms. The van der Waals surface area contributed by atoms with Crippen molar-refractivity contribution in [3.63, 3.8) is 0 Å². The Morgan fingerprint density at radius 3 is 1.51 bits per heavy atom. The van der Waals surface area contributed by atoms with Crippen LogP contribution in [-0.2, 0) is 0 Å². The van der Waals surface area contributed by atoms with Gasteiger partial charge >= 0.3 is 0 Å². The van der Waals surface area contributed by atoms with Crippen molar-refractivity contribution in [2.75, 3.05) is 0 Å². The average molecular weight is 526 g/mol. The summed E-state index contributed by atoms with van der Waals surface area (Å²) in [6, 6.07) is 47.6. The Morgan fingerprint density at radius 1 is 0.341 bits per heavy atom. The van der Waals surface area contributed by atoms with Crippen LogP contribution in [0.1, 0.15) is 0 Å². The summed E-state index contributed by atoms with van der Waals surface area (Å²) in [4.78, 5) is 14.7. The zero-order valence-corrected chi connectivity index (χ0v) is 22.0. The van der Waals surface area contributed by atoms with Gasteiger partial charge in [-0.3, -0.25) is 0 Å². The van der Waals surface area contributed by atoms with Crippen LogP contribution >= 0.6 is 0 Å². The number of aromatic nitrogens is 3. The fourth-order valence-corrected chi connectivity index (χ4v) is 5.41. The van der Waals surface area contributed by atoms with Gasteiger partial charge in [-0.25, -0.2) is 15.0 Å². The second-order valence-corrected chi connectivity index (χ2v) is 10.1. The van der Waals surface area contributed by atoms with Gasteiger partial charge in [-0.15, -0.1) is 0 Å². The zero-order valence-electron chi connectivity index (χ0n) is 22.0.